The number of amides is 1. The van der Waals surface area contributed by atoms with Crippen LogP contribution in [0.2, 0.25) is 0 Å². The minimum absolute atomic E-state index is 0.108. The Labute approximate surface area is 140 Å². The molecule has 1 N–H and O–H groups in total. The molecule has 1 aliphatic rings. The van der Waals surface area contributed by atoms with Gasteiger partial charge in [0.15, 0.2) is 0 Å². The highest BCUT2D eigenvalue weighted by atomic mass is 16.5. The largest absolute Gasteiger partial charge is 0.467 e. The molecule has 0 heterocycles. The number of hydrogen-bond donors (Lipinski definition) is 1. The van der Waals surface area contributed by atoms with Gasteiger partial charge in [0, 0.05) is 13.0 Å². The fourth-order valence-electron chi connectivity index (χ4n) is 3.31. The number of carbonyl (C=O) groups excluding carboxylic acids is 2. The van der Waals surface area contributed by atoms with Crippen LogP contribution in [0.15, 0.2) is 48.5 Å². The zero-order valence-corrected chi connectivity index (χ0v) is 13.6. The molecule has 1 aliphatic carbocycles. The van der Waals surface area contributed by atoms with E-state index in [1.54, 1.807) is 0 Å². The van der Waals surface area contributed by atoms with Crippen molar-refractivity contribution in [1.29, 1.82) is 0 Å². The summed E-state index contributed by atoms with van der Waals surface area (Å²) in [4.78, 5) is 24.4. The van der Waals surface area contributed by atoms with Crippen LogP contribution in [-0.2, 0) is 19.1 Å². The van der Waals surface area contributed by atoms with Crippen LogP contribution in [0.4, 0.5) is 0 Å². The summed E-state index contributed by atoms with van der Waals surface area (Å²) in [6.07, 6.45) is 0. The maximum absolute atomic E-state index is 12.4. The lowest BCUT2D eigenvalue weighted by Gasteiger charge is -2.24. The Morgan fingerprint density at radius 3 is 2.04 bits per heavy atom. The van der Waals surface area contributed by atoms with Gasteiger partial charge in [-0.2, -0.15) is 0 Å². The normalized spacial score (nSPS) is 13.8. The maximum Gasteiger partial charge on any atom is 0.329 e. The molecule has 2 aromatic carbocycles. The van der Waals surface area contributed by atoms with Gasteiger partial charge in [-0.1, -0.05) is 48.5 Å². The van der Waals surface area contributed by atoms with Gasteiger partial charge in [0.25, 0.3) is 0 Å². The van der Waals surface area contributed by atoms with Gasteiger partial charge in [0.05, 0.1) is 7.11 Å². The van der Waals surface area contributed by atoms with E-state index in [4.69, 9.17) is 9.47 Å². The first kappa shape index (κ1) is 16.2. The molecule has 3 rings (SSSR count). The number of esters is 1. The van der Waals surface area contributed by atoms with Crippen molar-refractivity contribution in [2.45, 2.75) is 12.0 Å². The van der Waals surface area contributed by atoms with Crippen LogP contribution in [0.1, 0.15) is 17.0 Å². The molecule has 0 spiro atoms. The molecular weight excluding hydrogens is 306 g/mol. The van der Waals surface area contributed by atoms with E-state index in [0.29, 0.717) is 0 Å². The Morgan fingerprint density at radius 1 is 1.00 bits per heavy atom. The highest BCUT2D eigenvalue weighted by Gasteiger charge is 2.39. The van der Waals surface area contributed by atoms with Gasteiger partial charge in [-0.25, -0.2) is 4.79 Å². The summed E-state index contributed by atoms with van der Waals surface area (Å²) in [7, 11) is 2.76. The molecule has 0 aromatic heterocycles. The van der Waals surface area contributed by atoms with Crippen LogP contribution in [0, 0.1) is 0 Å². The summed E-state index contributed by atoms with van der Waals surface area (Å²) in [6, 6.07) is 15.0. The first-order valence-electron chi connectivity index (χ1n) is 7.71. The average Bonchev–Trinajstić information content (AvgIpc) is 2.94. The lowest BCUT2D eigenvalue weighted by molar-refractivity contribution is -0.145. The molecular formula is C19H19NO4. The maximum atomic E-state index is 12.4. The van der Waals surface area contributed by atoms with Gasteiger partial charge in [0.2, 0.25) is 5.91 Å². The Bertz CT molecular complexity index is 726. The van der Waals surface area contributed by atoms with Crippen molar-refractivity contribution in [1.82, 2.24) is 5.32 Å². The molecule has 2 aromatic rings. The molecule has 24 heavy (non-hydrogen) atoms. The lowest BCUT2D eigenvalue weighted by Crippen LogP contribution is -2.46. The Hall–Kier alpha value is -2.66. The third-order valence-corrected chi connectivity index (χ3v) is 4.26. The number of rotatable bonds is 5. The van der Waals surface area contributed by atoms with Crippen molar-refractivity contribution in [3.05, 3.63) is 59.7 Å². The summed E-state index contributed by atoms with van der Waals surface area (Å²) in [5, 5.41) is 2.75. The van der Waals surface area contributed by atoms with Gasteiger partial charge in [-0.3, -0.25) is 4.79 Å². The van der Waals surface area contributed by atoms with Crippen LogP contribution in [0.3, 0.4) is 0 Å². The van der Waals surface area contributed by atoms with Crippen molar-refractivity contribution in [3.63, 3.8) is 0 Å². The molecule has 124 valence electrons. The first-order valence-corrected chi connectivity index (χ1v) is 7.71. The summed E-state index contributed by atoms with van der Waals surface area (Å²) >= 11 is 0. The van der Waals surface area contributed by atoms with Crippen molar-refractivity contribution in [3.8, 4) is 11.1 Å². The topological polar surface area (TPSA) is 64.6 Å². The lowest BCUT2D eigenvalue weighted by atomic mass is 9.89. The second kappa shape index (κ2) is 6.84. The van der Waals surface area contributed by atoms with E-state index in [-0.39, 0.29) is 18.4 Å². The van der Waals surface area contributed by atoms with Gasteiger partial charge >= 0.3 is 5.97 Å². The van der Waals surface area contributed by atoms with Crippen molar-refractivity contribution < 1.29 is 19.1 Å². The fraction of sp³-hybridized carbons (Fsp3) is 0.263. The smallest absolute Gasteiger partial charge is 0.329 e. The molecule has 5 nitrogen and oxygen atoms in total. The van der Waals surface area contributed by atoms with E-state index in [2.05, 4.69) is 5.32 Å². The van der Waals surface area contributed by atoms with Crippen LogP contribution >= 0.6 is 0 Å². The number of methoxy groups -OCH3 is 2. The van der Waals surface area contributed by atoms with E-state index in [1.807, 2.05) is 48.5 Å². The molecule has 5 heteroatoms. The number of ether oxygens (including phenoxy) is 2. The molecule has 0 aliphatic heterocycles. The zero-order valence-electron chi connectivity index (χ0n) is 13.6. The van der Waals surface area contributed by atoms with Crippen molar-refractivity contribution in [2.24, 2.45) is 0 Å². The van der Waals surface area contributed by atoms with Gasteiger partial charge in [0.1, 0.15) is 12.6 Å². The number of fused-ring (bicyclic) bond motifs is 3. The Kier molecular flexibility index (Phi) is 4.62. The number of hydrogen-bond acceptors (Lipinski definition) is 4. The summed E-state index contributed by atoms with van der Waals surface area (Å²) < 4.78 is 9.79. The minimum Gasteiger partial charge on any atom is -0.467 e. The van der Waals surface area contributed by atoms with E-state index < -0.39 is 12.0 Å². The fourth-order valence-corrected chi connectivity index (χ4v) is 3.31. The molecule has 0 radical (unpaired) electrons. The van der Waals surface area contributed by atoms with Gasteiger partial charge in [-0.05, 0) is 22.3 Å². The molecule has 0 bridgehead atoms. The summed E-state index contributed by atoms with van der Waals surface area (Å²) in [6.45, 7) is -0.108. The second-order valence-corrected chi connectivity index (χ2v) is 5.65. The Morgan fingerprint density at radius 2 is 1.54 bits per heavy atom. The number of carbonyl (C=O) groups is 2. The van der Waals surface area contributed by atoms with Crippen LogP contribution in [0.25, 0.3) is 11.1 Å². The summed E-state index contributed by atoms with van der Waals surface area (Å²) in [5.41, 5.74) is 4.17. The molecule has 0 saturated heterocycles. The quantitative estimate of drug-likeness (QED) is 0.855. The minimum atomic E-state index is -0.803. The molecule has 0 saturated carbocycles. The first-order chi connectivity index (χ1) is 11.7. The predicted octanol–water partition coefficient (Wildman–Crippen LogP) is 2.10. The molecule has 1 atom stereocenters. The van der Waals surface area contributed by atoms with E-state index in [0.717, 1.165) is 22.3 Å². The van der Waals surface area contributed by atoms with Crippen molar-refractivity contribution >= 4 is 11.9 Å². The molecule has 0 fully saturated rings. The predicted molar refractivity (Wildman–Crippen MR) is 89.5 cm³/mol. The van der Waals surface area contributed by atoms with Gasteiger partial charge < -0.3 is 14.8 Å². The molecule has 1 amide bonds. The van der Waals surface area contributed by atoms with E-state index in [9.17, 15) is 9.59 Å². The zero-order chi connectivity index (χ0) is 17.1. The highest BCUT2D eigenvalue weighted by molar-refractivity contribution is 5.89. The van der Waals surface area contributed by atoms with E-state index in [1.165, 1.54) is 14.2 Å². The Balaban J connectivity index is 2.07. The molecule has 0 unspecified atom stereocenters. The second-order valence-electron chi connectivity index (χ2n) is 5.65. The third kappa shape index (κ3) is 2.78. The SMILES string of the molecule is COCC(=O)N[C@H](C(=O)OC)C1c2ccccc2-c2ccccc21. The summed E-state index contributed by atoms with van der Waals surface area (Å²) in [5.74, 6) is -1.11. The van der Waals surface area contributed by atoms with E-state index >= 15 is 0 Å². The number of nitrogens with one attached hydrogen (secondary N) is 1. The highest BCUT2D eigenvalue weighted by Crippen LogP contribution is 2.46. The van der Waals surface area contributed by atoms with Crippen LogP contribution < -0.4 is 5.32 Å². The monoisotopic (exact) mass is 325 g/mol. The third-order valence-electron chi connectivity index (χ3n) is 4.26. The van der Waals surface area contributed by atoms with Crippen LogP contribution in [-0.4, -0.2) is 38.7 Å². The average molecular weight is 325 g/mol. The van der Waals surface area contributed by atoms with Crippen molar-refractivity contribution in [2.75, 3.05) is 20.8 Å². The number of benzene rings is 2. The van der Waals surface area contributed by atoms with Crippen LogP contribution in [0.5, 0.6) is 0 Å². The van der Waals surface area contributed by atoms with Gasteiger partial charge in [-0.15, -0.1) is 0 Å². The standard InChI is InChI=1S/C19H19NO4/c1-23-11-16(21)20-18(19(22)24-2)17-14-9-5-3-7-12(14)13-8-4-6-10-15(13)17/h3-10,17-18H,11H2,1-2H3,(H,20,21)/t18-/m0/s1.